The van der Waals surface area contributed by atoms with E-state index < -0.39 is 10.0 Å². The first-order chi connectivity index (χ1) is 19.9. The van der Waals surface area contributed by atoms with Gasteiger partial charge < -0.3 is 9.64 Å². The number of carbonyl (C=O) groups excluding carboxylic acids is 1. The highest BCUT2D eigenvalue weighted by Crippen LogP contribution is 2.31. The number of aromatic nitrogens is 2. The van der Waals surface area contributed by atoms with Crippen LogP contribution in [0.2, 0.25) is 0 Å². The van der Waals surface area contributed by atoms with Crippen LogP contribution in [0.4, 0.5) is 5.95 Å². The second-order valence-electron chi connectivity index (χ2n) is 12.0. The van der Waals surface area contributed by atoms with Gasteiger partial charge in [0.15, 0.2) is 0 Å². The maximum Gasteiger partial charge on any atom is 0.264 e. The third-order valence-corrected chi connectivity index (χ3v) is 8.55. The summed E-state index contributed by atoms with van der Waals surface area (Å²) in [6.45, 7) is 10.8. The highest BCUT2D eigenvalue weighted by molar-refractivity contribution is 7.92. The van der Waals surface area contributed by atoms with Crippen LogP contribution in [0.1, 0.15) is 54.2 Å². The molecule has 0 fully saturated rings. The first-order valence-corrected chi connectivity index (χ1v) is 15.4. The van der Waals surface area contributed by atoms with Gasteiger partial charge in [0.1, 0.15) is 6.61 Å². The molecule has 4 bridgehead atoms. The molecule has 218 valence electrons. The van der Waals surface area contributed by atoms with E-state index in [2.05, 4.69) is 35.5 Å². The van der Waals surface area contributed by atoms with Gasteiger partial charge in [-0.2, -0.15) is 4.98 Å². The topological polar surface area (TPSA) is 101 Å². The molecule has 0 radical (unpaired) electrons. The molecule has 0 spiro atoms. The van der Waals surface area contributed by atoms with Crippen LogP contribution in [0.5, 0.6) is 5.88 Å². The molecule has 1 aliphatic rings. The van der Waals surface area contributed by atoms with Gasteiger partial charge in [-0.3, -0.25) is 4.79 Å². The first-order valence-electron chi connectivity index (χ1n) is 14.0. The average molecular weight is 585 g/mol. The van der Waals surface area contributed by atoms with E-state index in [-0.39, 0.29) is 46.3 Å². The highest BCUT2D eigenvalue weighted by Gasteiger charge is 2.31. The number of ether oxygens (including phenoxy) is 1. The standard InChI is InChI=1S/C33H36N4O4S/c1-22-11-9-12-23(2)30(22)28-18-29-35-32(34-28)36-42(39,40)27-16-10-15-25(17-27)31(38)37(20-24-13-7-6-8-14-24)26(21-41-29)19-33(3,4)5/h6-18,26H,19-21H2,1-5H3,(H,34,35,36)/t26-/m1/s1. The SMILES string of the molecule is Cc1cccc(C)c1-c1cc2nc(n1)NS(=O)(=O)c1cccc(c1)C(=O)N(Cc1ccccc1)[C@H](CC(C)(C)C)CO2. The maximum absolute atomic E-state index is 14.2. The minimum atomic E-state index is -4.12. The molecule has 8 nitrogen and oxygen atoms in total. The monoisotopic (exact) mass is 584 g/mol. The van der Waals surface area contributed by atoms with E-state index in [9.17, 15) is 13.2 Å². The van der Waals surface area contributed by atoms with Crippen molar-refractivity contribution in [2.45, 2.75) is 58.5 Å². The van der Waals surface area contributed by atoms with E-state index >= 15 is 0 Å². The second-order valence-corrected chi connectivity index (χ2v) is 13.6. The molecular weight excluding hydrogens is 548 g/mol. The van der Waals surface area contributed by atoms with E-state index in [1.807, 2.05) is 62.4 Å². The Labute approximate surface area is 247 Å². The van der Waals surface area contributed by atoms with Crippen molar-refractivity contribution >= 4 is 21.9 Å². The number of anilines is 1. The third-order valence-electron chi connectivity index (χ3n) is 7.23. The molecule has 5 rings (SSSR count). The quantitative estimate of drug-likeness (QED) is 0.298. The minimum Gasteiger partial charge on any atom is -0.475 e. The van der Waals surface area contributed by atoms with Crippen molar-refractivity contribution in [3.63, 3.8) is 0 Å². The molecule has 3 aromatic carbocycles. The van der Waals surface area contributed by atoms with Gasteiger partial charge in [-0.05, 0) is 60.6 Å². The van der Waals surface area contributed by atoms with Crippen LogP contribution in [0.25, 0.3) is 11.3 Å². The summed E-state index contributed by atoms with van der Waals surface area (Å²) in [5.41, 5.74) is 4.50. The van der Waals surface area contributed by atoms with Gasteiger partial charge in [0.05, 0.1) is 16.6 Å². The molecule has 9 heteroatoms. The van der Waals surface area contributed by atoms with Crippen LogP contribution in [-0.2, 0) is 16.6 Å². The van der Waals surface area contributed by atoms with Crippen LogP contribution in [0.15, 0.2) is 83.8 Å². The summed E-state index contributed by atoms with van der Waals surface area (Å²) in [5, 5.41) is 0. The third kappa shape index (κ3) is 6.62. The zero-order chi connectivity index (χ0) is 30.1. The number of hydrogen-bond donors (Lipinski definition) is 1. The Morgan fingerprint density at radius 3 is 2.31 bits per heavy atom. The number of benzene rings is 3. The lowest BCUT2D eigenvalue weighted by atomic mass is 9.87. The van der Waals surface area contributed by atoms with Crippen molar-refractivity contribution in [1.29, 1.82) is 0 Å². The largest absolute Gasteiger partial charge is 0.475 e. The van der Waals surface area contributed by atoms with Crippen molar-refractivity contribution in [2.75, 3.05) is 11.3 Å². The number of fused-ring (bicyclic) bond motifs is 4. The fraction of sp³-hybridized carbons (Fsp3) is 0.303. The molecule has 1 aromatic heterocycles. The molecule has 1 atom stereocenters. The lowest BCUT2D eigenvalue weighted by molar-refractivity contribution is 0.0513. The van der Waals surface area contributed by atoms with E-state index in [0.29, 0.717) is 18.7 Å². The predicted octanol–water partition coefficient (Wildman–Crippen LogP) is 6.40. The fourth-order valence-corrected chi connectivity index (χ4v) is 6.32. The Kier molecular flexibility index (Phi) is 8.06. The van der Waals surface area contributed by atoms with Crippen molar-refractivity contribution in [1.82, 2.24) is 14.9 Å². The Hall–Kier alpha value is -4.24. The Bertz CT molecular complexity index is 1700. The van der Waals surface area contributed by atoms with E-state index in [1.165, 1.54) is 12.1 Å². The van der Waals surface area contributed by atoms with E-state index in [4.69, 9.17) is 4.74 Å². The predicted molar refractivity (Wildman–Crippen MR) is 164 cm³/mol. The number of amides is 1. The summed E-state index contributed by atoms with van der Waals surface area (Å²) < 4.78 is 35.9. The molecule has 2 heterocycles. The lowest BCUT2D eigenvalue weighted by Crippen LogP contribution is -2.45. The molecular formula is C33H36N4O4S. The molecule has 0 saturated carbocycles. The number of aryl methyl sites for hydroxylation is 2. The number of nitrogens with zero attached hydrogens (tertiary/aromatic N) is 3. The fourth-order valence-electron chi connectivity index (χ4n) is 5.33. The van der Waals surface area contributed by atoms with Crippen molar-refractivity contribution in [3.05, 3.63) is 101 Å². The van der Waals surface area contributed by atoms with Gasteiger partial charge in [-0.1, -0.05) is 75.4 Å². The number of hydrogen-bond acceptors (Lipinski definition) is 6. The highest BCUT2D eigenvalue weighted by atomic mass is 32.2. The number of rotatable bonds is 4. The maximum atomic E-state index is 14.2. The minimum absolute atomic E-state index is 0.0526. The summed E-state index contributed by atoms with van der Waals surface area (Å²) in [6.07, 6.45) is 0.642. The van der Waals surface area contributed by atoms with Crippen molar-refractivity contribution in [3.8, 4) is 17.1 Å². The van der Waals surface area contributed by atoms with Crippen LogP contribution in [-0.4, -0.2) is 41.8 Å². The normalized spacial score (nSPS) is 16.8. The Morgan fingerprint density at radius 2 is 1.62 bits per heavy atom. The van der Waals surface area contributed by atoms with E-state index in [1.54, 1.807) is 23.1 Å². The zero-order valence-corrected chi connectivity index (χ0v) is 25.4. The summed E-state index contributed by atoms with van der Waals surface area (Å²) in [4.78, 5) is 24.9. The average Bonchev–Trinajstić information content (AvgIpc) is 2.93. The number of carbonyl (C=O) groups is 1. The molecule has 1 N–H and O–H groups in total. The molecule has 1 aliphatic heterocycles. The number of sulfonamides is 1. The van der Waals surface area contributed by atoms with E-state index in [0.717, 1.165) is 22.3 Å². The Morgan fingerprint density at radius 1 is 0.929 bits per heavy atom. The summed E-state index contributed by atoms with van der Waals surface area (Å²) in [6, 6.07) is 23.2. The molecule has 0 unspecified atom stereocenters. The molecule has 4 aromatic rings. The first kappa shape index (κ1) is 29.3. The van der Waals surface area contributed by atoms with Gasteiger partial charge in [0, 0.05) is 23.7 Å². The van der Waals surface area contributed by atoms with Gasteiger partial charge >= 0.3 is 0 Å². The van der Waals surface area contributed by atoms with Gasteiger partial charge in [0.2, 0.25) is 11.8 Å². The van der Waals surface area contributed by atoms with Gasteiger partial charge in [-0.15, -0.1) is 0 Å². The van der Waals surface area contributed by atoms with Crippen LogP contribution in [0.3, 0.4) is 0 Å². The second kappa shape index (κ2) is 11.6. The number of nitrogens with one attached hydrogen (secondary N) is 1. The smallest absolute Gasteiger partial charge is 0.264 e. The summed E-state index contributed by atoms with van der Waals surface area (Å²) in [7, 11) is -4.12. The van der Waals surface area contributed by atoms with Crippen LogP contribution < -0.4 is 9.46 Å². The zero-order valence-electron chi connectivity index (χ0n) is 24.6. The molecule has 1 amide bonds. The summed E-state index contributed by atoms with van der Waals surface area (Å²) in [5.74, 6) is -0.158. The molecule has 42 heavy (non-hydrogen) atoms. The van der Waals surface area contributed by atoms with Crippen molar-refractivity contribution in [2.24, 2.45) is 5.41 Å². The van der Waals surface area contributed by atoms with Gasteiger partial charge in [0.25, 0.3) is 15.9 Å². The van der Waals surface area contributed by atoms with Crippen molar-refractivity contribution < 1.29 is 17.9 Å². The molecule has 0 aliphatic carbocycles. The molecule has 0 saturated heterocycles. The van der Waals surface area contributed by atoms with Gasteiger partial charge in [-0.25, -0.2) is 18.1 Å². The lowest BCUT2D eigenvalue weighted by Gasteiger charge is -2.36. The summed E-state index contributed by atoms with van der Waals surface area (Å²) >= 11 is 0. The van der Waals surface area contributed by atoms with Crippen LogP contribution in [0, 0.1) is 19.3 Å². The Balaban J connectivity index is 1.68. The van der Waals surface area contributed by atoms with Crippen LogP contribution >= 0.6 is 0 Å².